The lowest BCUT2D eigenvalue weighted by Gasteiger charge is -2.32. The van der Waals surface area contributed by atoms with Gasteiger partial charge in [0, 0.05) is 6.54 Å². The molecule has 1 atom stereocenters. The van der Waals surface area contributed by atoms with Gasteiger partial charge in [-0.05, 0) is 35.7 Å². The van der Waals surface area contributed by atoms with Crippen molar-refractivity contribution in [2.45, 2.75) is 18.9 Å². The second kappa shape index (κ2) is 7.25. The molecule has 0 saturated carbocycles. The molecule has 6 heteroatoms. The number of carbonyl (C=O) groups excluding carboxylic acids is 2. The van der Waals surface area contributed by atoms with Gasteiger partial charge >= 0.3 is 12.1 Å². The summed E-state index contributed by atoms with van der Waals surface area (Å²) in [6.07, 6.45) is -0.0806. The lowest BCUT2D eigenvalue weighted by molar-refractivity contribution is -0.142. The topological polar surface area (TPSA) is 76.1 Å². The summed E-state index contributed by atoms with van der Waals surface area (Å²) in [6.45, 7) is 0.509. The maximum Gasteiger partial charge on any atom is 0.414 e. The fourth-order valence-corrected chi connectivity index (χ4v) is 2.97. The molecule has 1 unspecified atom stereocenters. The van der Waals surface area contributed by atoms with Gasteiger partial charge in [0.05, 0.1) is 18.7 Å². The first kappa shape index (κ1) is 16.8. The highest BCUT2D eigenvalue weighted by atomic mass is 16.6. The highest BCUT2D eigenvalue weighted by Crippen LogP contribution is 2.38. The van der Waals surface area contributed by atoms with Crippen LogP contribution in [0.2, 0.25) is 0 Å². The molecule has 25 heavy (non-hydrogen) atoms. The molecule has 0 spiro atoms. The molecule has 0 saturated heterocycles. The Bertz CT molecular complexity index is 775. The van der Waals surface area contributed by atoms with Gasteiger partial charge in [0.2, 0.25) is 0 Å². The number of methoxy groups -OCH3 is 1. The largest absolute Gasteiger partial charge is 0.508 e. The monoisotopic (exact) mass is 341 g/mol. The van der Waals surface area contributed by atoms with E-state index in [9.17, 15) is 14.7 Å². The van der Waals surface area contributed by atoms with Crippen molar-refractivity contribution in [3.63, 3.8) is 0 Å². The van der Waals surface area contributed by atoms with Crippen LogP contribution in [0.5, 0.6) is 5.75 Å². The normalized spacial score (nSPS) is 16.0. The third-order valence-electron chi connectivity index (χ3n) is 4.23. The van der Waals surface area contributed by atoms with Gasteiger partial charge in [-0.25, -0.2) is 4.79 Å². The van der Waals surface area contributed by atoms with Crippen LogP contribution < -0.4 is 4.90 Å². The summed E-state index contributed by atoms with van der Waals surface area (Å²) >= 11 is 0. The molecule has 0 bridgehead atoms. The predicted molar refractivity (Wildman–Crippen MR) is 91.5 cm³/mol. The molecule has 2 aromatic carbocycles. The summed E-state index contributed by atoms with van der Waals surface area (Å²) in [4.78, 5) is 26.0. The average Bonchev–Trinajstić information content (AvgIpc) is 2.65. The average molecular weight is 341 g/mol. The molecular formula is C19H19NO5. The second-order valence-corrected chi connectivity index (χ2v) is 5.80. The number of ether oxygens (including phenoxy) is 2. The van der Waals surface area contributed by atoms with Crippen LogP contribution in [0, 0.1) is 0 Å². The third-order valence-corrected chi connectivity index (χ3v) is 4.23. The van der Waals surface area contributed by atoms with E-state index in [1.807, 2.05) is 30.3 Å². The highest BCUT2D eigenvalue weighted by Gasteiger charge is 2.34. The van der Waals surface area contributed by atoms with Crippen molar-refractivity contribution in [1.82, 2.24) is 0 Å². The molecule has 2 aromatic rings. The number of rotatable bonds is 3. The van der Waals surface area contributed by atoms with Gasteiger partial charge < -0.3 is 14.6 Å². The Hall–Kier alpha value is -3.02. The van der Waals surface area contributed by atoms with E-state index in [-0.39, 0.29) is 18.3 Å². The zero-order valence-electron chi connectivity index (χ0n) is 13.8. The Kier molecular flexibility index (Phi) is 4.88. The number of esters is 1. The van der Waals surface area contributed by atoms with Crippen LogP contribution in [0.3, 0.4) is 0 Å². The smallest absolute Gasteiger partial charge is 0.414 e. The molecule has 0 aliphatic carbocycles. The van der Waals surface area contributed by atoms with Crippen molar-refractivity contribution >= 4 is 17.7 Å². The first-order valence-electron chi connectivity index (χ1n) is 7.99. The molecule has 0 fully saturated rings. The first-order valence-corrected chi connectivity index (χ1v) is 7.99. The maximum atomic E-state index is 12.5. The van der Waals surface area contributed by atoms with Crippen molar-refractivity contribution in [2.75, 3.05) is 18.6 Å². The van der Waals surface area contributed by atoms with Crippen LogP contribution in [0.4, 0.5) is 10.5 Å². The molecule has 6 nitrogen and oxygen atoms in total. The quantitative estimate of drug-likeness (QED) is 0.868. The van der Waals surface area contributed by atoms with Gasteiger partial charge in [-0.3, -0.25) is 9.69 Å². The van der Waals surface area contributed by atoms with Crippen LogP contribution in [0.1, 0.15) is 23.5 Å². The van der Waals surface area contributed by atoms with Gasteiger partial charge in [-0.1, -0.05) is 30.3 Å². The summed E-state index contributed by atoms with van der Waals surface area (Å²) in [5.41, 5.74) is 2.01. The summed E-state index contributed by atoms with van der Waals surface area (Å²) in [5, 5.41) is 9.75. The standard InChI is InChI=1S/C19H19NO5/c1-24-18(22)15-9-10-20(17-8-7-14(21)11-16(15)17)19(23)25-12-13-5-3-2-4-6-13/h2-8,11,15,21H,9-10,12H2,1H3. The fourth-order valence-electron chi connectivity index (χ4n) is 2.97. The molecule has 1 aliphatic heterocycles. The SMILES string of the molecule is COC(=O)C1CCN(C(=O)OCc2ccccc2)c2ccc(O)cc21. The number of phenolic OH excluding ortho intramolecular Hbond substituents is 1. The van der Waals surface area contributed by atoms with Crippen LogP contribution in [-0.4, -0.2) is 30.8 Å². The van der Waals surface area contributed by atoms with Crippen LogP contribution in [-0.2, 0) is 20.9 Å². The first-order chi connectivity index (χ1) is 12.1. The number of anilines is 1. The van der Waals surface area contributed by atoms with Crippen molar-refractivity contribution in [3.05, 3.63) is 59.7 Å². The molecule has 0 aromatic heterocycles. The number of hydrogen-bond acceptors (Lipinski definition) is 5. The van der Waals surface area contributed by atoms with Crippen LogP contribution in [0.15, 0.2) is 48.5 Å². The predicted octanol–water partition coefficient (Wildman–Crippen LogP) is 3.20. The number of phenols is 1. The van der Waals surface area contributed by atoms with E-state index in [1.165, 1.54) is 24.1 Å². The minimum Gasteiger partial charge on any atom is -0.508 e. The Morgan fingerprint density at radius 2 is 1.96 bits per heavy atom. The molecule has 1 heterocycles. The Labute approximate surface area is 145 Å². The minimum atomic E-state index is -0.509. The number of nitrogens with zero attached hydrogens (tertiary/aromatic N) is 1. The van der Waals surface area contributed by atoms with Gasteiger partial charge in [-0.2, -0.15) is 0 Å². The number of fused-ring (bicyclic) bond motifs is 1. The van der Waals surface area contributed by atoms with E-state index >= 15 is 0 Å². The van der Waals surface area contributed by atoms with E-state index in [1.54, 1.807) is 6.07 Å². The van der Waals surface area contributed by atoms with E-state index in [0.29, 0.717) is 24.2 Å². The number of carbonyl (C=O) groups is 2. The maximum absolute atomic E-state index is 12.5. The number of aromatic hydroxyl groups is 1. The van der Waals surface area contributed by atoms with Crippen LogP contribution >= 0.6 is 0 Å². The van der Waals surface area contributed by atoms with Crippen molar-refractivity contribution in [3.8, 4) is 5.75 Å². The van der Waals surface area contributed by atoms with E-state index < -0.39 is 12.0 Å². The Balaban J connectivity index is 1.80. The van der Waals surface area contributed by atoms with E-state index in [2.05, 4.69) is 0 Å². The van der Waals surface area contributed by atoms with E-state index in [0.717, 1.165) is 5.56 Å². The molecule has 1 amide bonds. The molecule has 1 N–H and O–H groups in total. The van der Waals surface area contributed by atoms with Crippen molar-refractivity contribution in [1.29, 1.82) is 0 Å². The lowest BCUT2D eigenvalue weighted by atomic mass is 9.90. The second-order valence-electron chi connectivity index (χ2n) is 5.80. The number of amides is 1. The van der Waals surface area contributed by atoms with Crippen molar-refractivity contribution < 1.29 is 24.2 Å². The van der Waals surface area contributed by atoms with E-state index in [4.69, 9.17) is 9.47 Å². The Morgan fingerprint density at radius 3 is 2.68 bits per heavy atom. The van der Waals surface area contributed by atoms with Crippen molar-refractivity contribution in [2.24, 2.45) is 0 Å². The summed E-state index contributed by atoms with van der Waals surface area (Å²) in [7, 11) is 1.32. The van der Waals surface area contributed by atoms with Gasteiger partial charge in [0.1, 0.15) is 12.4 Å². The van der Waals surface area contributed by atoms with Gasteiger partial charge in [-0.15, -0.1) is 0 Å². The van der Waals surface area contributed by atoms with Crippen LogP contribution in [0.25, 0.3) is 0 Å². The lowest BCUT2D eigenvalue weighted by Crippen LogP contribution is -2.38. The summed E-state index contributed by atoms with van der Waals surface area (Å²) in [5.74, 6) is -0.860. The summed E-state index contributed by atoms with van der Waals surface area (Å²) in [6, 6.07) is 14.0. The van der Waals surface area contributed by atoms with Gasteiger partial charge in [0.25, 0.3) is 0 Å². The molecule has 130 valence electrons. The molecule has 0 radical (unpaired) electrons. The molecule has 3 rings (SSSR count). The highest BCUT2D eigenvalue weighted by molar-refractivity contribution is 5.92. The number of hydrogen-bond donors (Lipinski definition) is 1. The summed E-state index contributed by atoms with van der Waals surface area (Å²) < 4.78 is 10.2. The fraction of sp³-hybridized carbons (Fsp3) is 0.263. The zero-order valence-corrected chi connectivity index (χ0v) is 13.8. The molecular weight excluding hydrogens is 322 g/mol. The van der Waals surface area contributed by atoms with Gasteiger partial charge in [0.15, 0.2) is 0 Å². The zero-order chi connectivity index (χ0) is 17.8. The third kappa shape index (κ3) is 3.57. The Morgan fingerprint density at radius 1 is 1.20 bits per heavy atom. The minimum absolute atomic E-state index is 0.0344. The molecule has 1 aliphatic rings. The number of benzene rings is 2.